The molecule has 0 bridgehead atoms. The van der Waals surface area contributed by atoms with E-state index in [0.29, 0.717) is 42.9 Å². The van der Waals surface area contributed by atoms with Gasteiger partial charge in [0, 0.05) is 29.0 Å². The molecule has 1 saturated heterocycles. The molecule has 2 aromatic carbocycles. The van der Waals surface area contributed by atoms with E-state index >= 15 is 0 Å². The Labute approximate surface area is 175 Å². The maximum absolute atomic E-state index is 13.3. The van der Waals surface area contributed by atoms with Crippen molar-refractivity contribution in [3.63, 3.8) is 0 Å². The Hall–Kier alpha value is -1.87. The van der Waals surface area contributed by atoms with E-state index in [0.717, 1.165) is 9.79 Å². The first kappa shape index (κ1) is 20.4. The SMILES string of the molecule is CC(C)c1cc2c(cc1S(=O)(=O)NC1CCOCC1)Sc1ccccc1C(=O)N2. The van der Waals surface area contributed by atoms with E-state index in [-0.39, 0.29) is 22.8 Å². The fourth-order valence-corrected chi connectivity index (χ4v) is 6.40. The van der Waals surface area contributed by atoms with Crippen LogP contribution in [0.4, 0.5) is 5.69 Å². The van der Waals surface area contributed by atoms with Gasteiger partial charge in [-0.1, -0.05) is 37.7 Å². The highest BCUT2D eigenvalue weighted by Gasteiger charge is 2.28. The highest BCUT2D eigenvalue weighted by molar-refractivity contribution is 7.99. The Bertz CT molecular complexity index is 1040. The van der Waals surface area contributed by atoms with Crippen LogP contribution in [0, 0.1) is 0 Å². The summed E-state index contributed by atoms with van der Waals surface area (Å²) in [7, 11) is -3.70. The molecule has 29 heavy (non-hydrogen) atoms. The zero-order valence-corrected chi connectivity index (χ0v) is 18.0. The zero-order valence-electron chi connectivity index (χ0n) is 16.4. The molecule has 1 fully saturated rings. The molecule has 0 spiro atoms. The first-order valence-corrected chi connectivity index (χ1v) is 12.0. The van der Waals surface area contributed by atoms with E-state index in [4.69, 9.17) is 4.74 Å². The lowest BCUT2D eigenvalue weighted by atomic mass is 10.0. The topological polar surface area (TPSA) is 84.5 Å². The number of sulfonamides is 1. The maximum atomic E-state index is 13.3. The summed E-state index contributed by atoms with van der Waals surface area (Å²) in [6.07, 6.45) is 1.33. The van der Waals surface area contributed by atoms with Gasteiger partial charge in [-0.3, -0.25) is 4.79 Å². The molecule has 6 nitrogen and oxygen atoms in total. The first-order valence-electron chi connectivity index (χ1n) is 9.71. The average Bonchev–Trinajstić information content (AvgIpc) is 2.83. The van der Waals surface area contributed by atoms with Crippen LogP contribution in [0.3, 0.4) is 0 Å². The smallest absolute Gasteiger partial charge is 0.256 e. The molecule has 1 amide bonds. The second-order valence-corrected chi connectivity index (χ2v) is 10.4. The van der Waals surface area contributed by atoms with E-state index in [1.165, 1.54) is 11.8 Å². The monoisotopic (exact) mass is 432 g/mol. The van der Waals surface area contributed by atoms with Crippen molar-refractivity contribution in [3.05, 3.63) is 47.5 Å². The Kier molecular flexibility index (Phi) is 5.70. The molecular formula is C21H24N2O4S2. The molecule has 0 unspecified atom stereocenters. The van der Waals surface area contributed by atoms with Crippen molar-refractivity contribution in [2.45, 2.75) is 53.3 Å². The lowest BCUT2D eigenvalue weighted by molar-refractivity contribution is 0.0832. The fraction of sp³-hybridized carbons (Fsp3) is 0.381. The number of anilines is 1. The predicted molar refractivity (Wildman–Crippen MR) is 113 cm³/mol. The second-order valence-electron chi connectivity index (χ2n) is 7.60. The molecule has 154 valence electrons. The summed E-state index contributed by atoms with van der Waals surface area (Å²) in [6.45, 7) is 5.03. The van der Waals surface area contributed by atoms with E-state index in [1.54, 1.807) is 18.2 Å². The van der Waals surface area contributed by atoms with Crippen molar-refractivity contribution in [2.75, 3.05) is 18.5 Å². The maximum Gasteiger partial charge on any atom is 0.256 e. The number of hydrogen-bond donors (Lipinski definition) is 2. The van der Waals surface area contributed by atoms with Gasteiger partial charge in [-0.2, -0.15) is 0 Å². The van der Waals surface area contributed by atoms with Gasteiger partial charge in [0.2, 0.25) is 10.0 Å². The fourth-order valence-electron chi connectivity index (χ4n) is 3.59. The molecule has 0 radical (unpaired) electrons. The number of carbonyl (C=O) groups excluding carboxylic acids is 1. The summed E-state index contributed by atoms with van der Waals surface area (Å²) in [4.78, 5) is 14.4. The molecule has 2 heterocycles. The summed E-state index contributed by atoms with van der Waals surface area (Å²) < 4.78 is 34.7. The van der Waals surface area contributed by atoms with E-state index in [9.17, 15) is 13.2 Å². The minimum Gasteiger partial charge on any atom is -0.381 e. The van der Waals surface area contributed by atoms with Gasteiger partial charge in [0.1, 0.15) is 0 Å². The lowest BCUT2D eigenvalue weighted by Gasteiger charge is -2.24. The van der Waals surface area contributed by atoms with E-state index < -0.39 is 10.0 Å². The standard InChI is InChI=1S/C21H24N2O4S2/c1-13(2)16-11-17-19(28-18-6-4-3-5-15(18)21(24)22-17)12-20(16)29(25,26)23-14-7-9-27-10-8-14/h3-6,11-14,23H,7-10H2,1-2H3,(H,22,24). The largest absolute Gasteiger partial charge is 0.381 e. The van der Waals surface area contributed by atoms with Gasteiger partial charge in [-0.15, -0.1) is 0 Å². The second kappa shape index (κ2) is 8.10. The molecule has 8 heteroatoms. The molecule has 0 atom stereocenters. The van der Waals surface area contributed by atoms with E-state index in [1.807, 2.05) is 32.0 Å². The molecule has 2 N–H and O–H groups in total. The van der Waals surface area contributed by atoms with Crippen molar-refractivity contribution in [1.82, 2.24) is 4.72 Å². The summed E-state index contributed by atoms with van der Waals surface area (Å²) in [6, 6.07) is 10.7. The summed E-state index contributed by atoms with van der Waals surface area (Å²) in [5.74, 6) is -0.202. The minimum atomic E-state index is -3.70. The number of rotatable bonds is 4. The van der Waals surface area contributed by atoms with Crippen LogP contribution >= 0.6 is 11.8 Å². The number of hydrogen-bond acceptors (Lipinski definition) is 5. The molecule has 2 aromatic rings. The minimum absolute atomic E-state index is 0.0194. The predicted octanol–water partition coefficient (Wildman–Crippen LogP) is 3.98. The zero-order chi connectivity index (χ0) is 20.6. The van der Waals surface area contributed by atoms with Gasteiger partial charge in [-0.05, 0) is 48.6 Å². The van der Waals surface area contributed by atoms with Crippen LogP contribution in [-0.4, -0.2) is 33.6 Å². The Morgan fingerprint density at radius 2 is 1.86 bits per heavy atom. The molecule has 2 aliphatic rings. The van der Waals surface area contributed by atoms with Crippen molar-refractivity contribution in [3.8, 4) is 0 Å². The Morgan fingerprint density at radius 1 is 1.14 bits per heavy atom. The number of carbonyl (C=O) groups is 1. The van der Waals surface area contributed by atoms with Gasteiger partial charge in [0.05, 0.1) is 16.1 Å². The highest BCUT2D eigenvalue weighted by Crippen LogP contribution is 2.42. The van der Waals surface area contributed by atoms with Crippen LogP contribution < -0.4 is 10.0 Å². The third-order valence-electron chi connectivity index (χ3n) is 5.17. The van der Waals surface area contributed by atoms with Gasteiger partial charge >= 0.3 is 0 Å². The van der Waals surface area contributed by atoms with Crippen molar-refractivity contribution >= 4 is 33.4 Å². The average molecular weight is 433 g/mol. The lowest BCUT2D eigenvalue weighted by Crippen LogP contribution is -2.39. The van der Waals surface area contributed by atoms with E-state index in [2.05, 4.69) is 10.0 Å². The van der Waals surface area contributed by atoms with Gasteiger partial charge in [0.15, 0.2) is 0 Å². The number of ether oxygens (including phenoxy) is 1. The third-order valence-corrected chi connectivity index (χ3v) is 7.88. The molecule has 4 rings (SSSR count). The number of nitrogens with one attached hydrogen (secondary N) is 2. The van der Waals surface area contributed by atoms with Crippen molar-refractivity contribution in [1.29, 1.82) is 0 Å². The Balaban J connectivity index is 1.77. The highest BCUT2D eigenvalue weighted by atomic mass is 32.2. The summed E-state index contributed by atoms with van der Waals surface area (Å²) in [5, 5.41) is 2.94. The molecule has 2 aliphatic heterocycles. The number of amides is 1. The first-order chi connectivity index (χ1) is 13.8. The molecule has 0 saturated carbocycles. The molecule has 0 aliphatic carbocycles. The molecular weight excluding hydrogens is 408 g/mol. The van der Waals surface area contributed by atoms with Crippen LogP contribution in [0.15, 0.2) is 51.1 Å². The van der Waals surface area contributed by atoms with Crippen LogP contribution in [0.1, 0.15) is 48.5 Å². The summed E-state index contributed by atoms with van der Waals surface area (Å²) in [5.41, 5.74) is 1.92. The normalized spacial score (nSPS) is 17.4. The molecule has 0 aromatic heterocycles. The van der Waals surface area contributed by atoms with Gasteiger partial charge < -0.3 is 10.1 Å². The third kappa shape index (κ3) is 4.21. The quantitative estimate of drug-likeness (QED) is 0.763. The number of benzene rings is 2. The number of fused-ring (bicyclic) bond motifs is 2. The van der Waals surface area contributed by atoms with Crippen LogP contribution in [0.25, 0.3) is 0 Å². The van der Waals surface area contributed by atoms with Crippen LogP contribution in [-0.2, 0) is 14.8 Å². The summed E-state index contributed by atoms with van der Waals surface area (Å²) >= 11 is 1.41. The van der Waals surface area contributed by atoms with Crippen molar-refractivity contribution in [2.24, 2.45) is 0 Å². The van der Waals surface area contributed by atoms with Crippen molar-refractivity contribution < 1.29 is 17.9 Å². The van der Waals surface area contributed by atoms with Gasteiger partial charge in [0.25, 0.3) is 5.91 Å². The van der Waals surface area contributed by atoms with Crippen LogP contribution in [0.2, 0.25) is 0 Å². The van der Waals surface area contributed by atoms with Crippen LogP contribution in [0.5, 0.6) is 0 Å². The van der Waals surface area contributed by atoms with Gasteiger partial charge in [-0.25, -0.2) is 13.1 Å². The Morgan fingerprint density at radius 3 is 2.59 bits per heavy atom.